The molecule has 2 rings (SSSR count). The van der Waals surface area contributed by atoms with Crippen LogP contribution in [0.5, 0.6) is 0 Å². The molecule has 138 valence electrons. The second-order valence-corrected chi connectivity index (χ2v) is 6.23. The lowest BCUT2D eigenvalue weighted by Gasteiger charge is -2.29. The Balaban J connectivity index is 1.63. The Bertz CT molecular complexity index is 437. The van der Waals surface area contributed by atoms with Crippen LogP contribution < -0.4 is 0 Å². The van der Waals surface area contributed by atoms with E-state index in [2.05, 4.69) is 0 Å². The van der Waals surface area contributed by atoms with E-state index in [-0.39, 0.29) is 13.2 Å². The summed E-state index contributed by atoms with van der Waals surface area (Å²) in [5.41, 5.74) is 0. The number of aliphatic hydroxyl groups is 3. The van der Waals surface area contributed by atoms with E-state index in [4.69, 9.17) is 19.7 Å². The van der Waals surface area contributed by atoms with Gasteiger partial charge >= 0.3 is 12.1 Å². The van der Waals surface area contributed by atoms with Crippen LogP contribution in [0.3, 0.4) is 0 Å². The summed E-state index contributed by atoms with van der Waals surface area (Å²) in [6, 6.07) is 0. The molecule has 0 saturated carbocycles. The zero-order valence-electron chi connectivity index (χ0n) is 13.4. The van der Waals surface area contributed by atoms with Gasteiger partial charge < -0.3 is 34.8 Å². The molecule has 2 heterocycles. The van der Waals surface area contributed by atoms with Gasteiger partial charge in [0.25, 0.3) is 0 Å². The predicted octanol–water partition coefficient (Wildman–Crippen LogP) is -0.819. The minimum absolute atomic E-state index is 0.143. The molecule has 0 radical (unpaired) electrons. The highest BCUT2D eigenvalue weighted by molar-refractivity contribution is 5.71. The van der Waals surface area contributed by atoms with Crippen molar-refractivity contribution in [2.45, 2.75) is 50.1 Å². The minimum atomic E-state index is -1.11. The normalized spacial score (nSPS) is 31.2. The van der Waals surface area contributed by atoms with Gasteiger partial charge in [-0.15, -0.1) is 0 Å². The third-order valence-corrected chi connectivity index (χ3v) is 4.60. The Kier molecular flexibility index (Phi) is 6.79. The predicted molar refractivity (Wildman–Crippen MR) is 80.3 cm³/mol. The van der Waals surface area contributed by atoms with Crippen LogP contribution in [0.25, 0.3) is 0 Å². The molecule has 1 amide bonds. The zero-order valence-corrected chi connectivity index (χ0v) is 13.4. The molecule has 9 heteroatoms. The van der Waals surface area contributed by atoms with Gasteiger partial charge in [-0.3, -0.25) is 4.79 Å². The molecule has 2 aliphatic rings. The molecule has 24 heavy (non-hydrogen) atoms. The average molecular weight is 347 g/mol. The molecular formula is C15H25NO8. The van der Waals surface area contributed by atoms with Crippen LogP contribution in [0.4, 0.5) is 4.79 Å². The maximum absolute atomic E-state index is 11.9. The average Bonchev–Trinajstić information content (AvgIpc) is 2.86. The number of rotatable bonds is 6. The maximum Gasteiger partial charge on any atom is 0.409 e. The van der Waals surface area contributed by atoms with Crippen LogP contribution >= 0.6 is 0 Å². The van der Waals surface area contributed by atoms with Gasteiger partial charge in [0.05, 0.1) is 25.2 Å². The van der Waals surface area contributed by atoms with Crippen molar-refractivity contribution in [3.63, 3.8) is 0 Å². The van der Waals surface area contributed by atoms with Gasteiger partial charge in [-0.1, -0.05) is 0 Å². The monoisotopic (exact) mass is 347 g/mol. The van der Waals surface area contributed by atoms with Gasteiger partial charge in [-0.2, -0.15) is 0 Å². The van der Waals surface area contributed by atoms with Crippen molar-refractivity contribution >= 4 is 12.1 Å². The third kappa shape index (κ3) is 4.56. The first-order valence-electron chi connectivity index (χ1n) is 8.21. The molecule has 4 N–H and O–H groups in total. The Labute approximate surface area is 139 Å². The number of carboxylic acid groups (broad SMARTS) is 1. The highest BCUT2D eigenvalue weighted by atomic mass is 16.6. The van der Waals surface area contributed by atoms with Crippen molar-refractivity contribution in [2.75, 3.05) is 26.3 Å². The molecule has 0 aromatic carbocycles. The topological polar surface area (TPSA) is 137 Å². The second-order valence-electron chi connectivity index (χ2n) is 6.23. The fourth-order valence-corrected chi connectivity index (χ4v) is 3.06. The standard InChI is InChI=1S/C15H25NO8/c17-8-11-13(19)12(18)10(24-11)2-1-7-23-15(22)16-5-3-9(4-6-16)14(20)21/h9-13,17-19H,1-8H2,(H,20,21). The molecule has 9 nitrogen and oxygen atoms in total. The molecule has 2 saturated heterocycles. The molecule has 0 aliphatic carbocycles. The smallest absolute Gasteiger partial charge is 0.409 e. The van der Waals surface area contributed by atoms with Gasteiger partial charge in [-0.05, 0) is 25.7 Å². The third-order valence-electron chi connectivity index (χ3n) is 4.60. The van der Waals surface area contributed by atoms with Crippen molar-refractivity contribution in [1.29, 1.82) is 0 Å². The number of hydrogen-bond acceptors (Lipinski definition) is 7. The van der Waals surface area contributed by atoms with Gasteiger partial charge in [-0.25, -0.2) is 4.79 Å². The SMILES string of the molecule is O=C(O)C1CCN(C(=O)OCCCC2OC(CO)C(O)C2O)CC1. The summed E-state index contributed by atoms with van der Waals surface area (Å²) in [5, 5.41) is 37.3. The lowest BCUT2D eigenvalue weighted by molar-refractivity contribution is -0.143. The number of carboxylic acids is 1. The van der Waals surface area contributed by atoms with Gasteiger partial charge in [0.2, 0.25) is 0 Å². The van der Waals surface area contributed by atoms with Gasteiger partial charge in [0.15, 0.2) is 0 Å². The molecule has 4 atom stereocenters. The second kappa shape index (κ2) is 8.61. The number of aliphatic carboxylic acids is 1. The van der Waals surface area contributed by atoms with E-state index in [1.165, 1.54) is 4.90 Å². The van der Waals surface area contributed by atoms with Crippen LogP contribution in [-0.2, 0) is 14.3 Å². The molecule has 0 spiro atoms. The largest absolute Gasteiger partial charge is 0.481 e. The maximum atomic E-state index is 11.9. The number of hydrogen-bond donors (Lipinski definition) is 4. The van der Waals surface area contributed by atoms with E-state index < -0.39 is 42.4 Å². The van der Waals surface area contributed by atoms with Crippen LogP contribution in [0.15, 0.2) is 0 Å². The number of amides is 1. The number of likely N-dealkylation sites (tertiary alicyclic amines) is 1. The molecule has 0 aromatic heterocycles. The first-order valence-corrected chi connectivity index (χ1v) is 8.21. The summed E-state index contributed by atoms with van der Waals surface area (Å²) in [6.07, 6.45) is -2.34. The summed E-state index contributed by atoms with van der Waals surface area (Å²) in [6.45, 7) is 0.509. The molecule has 2 fully saturated rings. The minimum Gasteiger partial charge on any atom is -0.481 e. The number of nitrogens with zero attached hydrogens (tertiary/aromatic N) is 1. The van der Waals surface area contributed by atoms with Crippen LogP contribution in [0, 0.1) is 5.92 Å². The van der Waals surface area contributed by atoms with Crippen LogP contribution in [0.1, 0.15) is 25.7 Å². The van der Waals surface area contributed by atoms with Crippen molar-refractivity contribution in [1.82, 2.24) is 4.90 Å². The van der Waals surface area contributed by atoms with E-state index in [1.807, 2.05) is 0 Å². The number of piperidine rings is 1. The Morgan fingerprint density at radius 3 is 2.29 bits per heavy atom. The molecular weight excluding hydrogens is 322 g/mol. The summed E-state index contributed by atoms with van der Waals surface area (Å²) >= 11 is 0. The quantitative estimate of drug-likeness (QED) is 0.458. The van der Waals surface area contributed by atoms with Crippen LogP contribution in [0.2, 0.25) is 0 Å². The van der Waals surface area contributed by atoms with Crippen LogP contribution in [-0.4, -0.2) is 88.1 Å². The Morgan fingerprint density at radius 2 is 1.75 bits per heavy atom. The Hall–Kier alpha value is -1.42. The van der Waals surface area contributed by atoms with Gasteiger partial charge in [0, 0.05) is 13.1 Å². The van der Waals surface area contributed by atoms with E-state index in [9.17, 15) is 19.8 Å². The number of ether oxygens (including phenoxy) is 2. The lowest BCUT2D eigenvalue weighted by atomic mass is 9.97. The number of carbonyl (C=O) groups excluding carboxylic acids is 1. The van der Waals surface area contributed by atoms with Crippen molar-refractivity contribution < 1.29 is 39.5 Å². The number of aliphatic hydroxyl groups excluding tert-OH is 3. The summed E-state index contributed by atoms with van der Waals surface area (Å²) < 4.78 is 10.5. The summed E-state index contributed by atoms with van der Waals surface area (Å²) in [5.74, 6) is -1.23. The number of carbonyl (C=O) groups is 2. The summed E-state index contributed by atoms with van der Waals surface area (Å²) in [7, 11) is 0. The molecule has 2 aliphatic heterocycles. The first kappa shape index (κ1) is 18.9. The van der Waals surface area contributed by atoms with Crippen molar-refractivity contribution in [3.8, 4) is 0 Å². The Morgan fingerprint density at radius 1 is 1.12 bits per heavy atom. The zero-order chi connectivity index (χ0) is 17.7. The highest BCUT2D eigenvalue weighted by Gasteiger charge is 2.41. The van der Waals surface area contributed by atoms with Gasteiger partial charge in [0.1, 0.15) is 18.3 Å². The van der Waals surface area contributed by atoms with E-state index >= 15 is 0 Å². The first-order chi connectivity index (χ1) is 11.4. The molecule has 0 bridgehead atoms. The summed E-state index contributed by atoms with van der Waals surface area (Å²) in [4.78, 5) is 24.2. The molecule has 4 unspecified atom stereocenters. The molecule has 0 aromatic rings. The fourth-order valence-electron chi connectivity index (χ4n) is 3.06. The van der Waals surface area contributed by atoms with Crippen molar-refractivity contribution in [2.24, 2.45) is 5.92 Å². The fraction of sp³-hybridized carbons (Fsp3) is 0.867. The van der Waals surface area contributed by atoms with Crippen molar-refractivity contribution in [3.05, 3.63) is 0 Å². The highest BCUT2D eigenvalue weighted by Crippen LogP contribution is 2.24. The lowest BCUT2D eigenvalue weighted by Crippen LogP contribution is -2.40. The van der Waals surface area contributed by atoms with E-state index in [0.29, 0.717) is 38.8 Å². The van der Waals surface area contributed by atoms with E-state index in [1.54, 1.807) is 0 Å². The van der Waals surface area contributed by atoms with E-state index in [0.717, 1.165) is 0 Å².